The standard InChI is InChI=1S/C8H6BrN3/c9-2-1-7(5-10)8-6-11-3-4-12-8/h1,3-4,6H,2H2. The highest BCUT2D eigenvalue weighted by molar-refractivity contribution is 9.09. The van der Waals surface area contributed by atoms with Crippen molar-refractivity contribution in [3.05, 3.63) is 30.4 Å². The van der Waals surface area contributed by atoms with Crippen LogP contribution in [0.1, 0.15) is 5.69 Å². The molecule has 0 atom stereocenters. The summed E-state index contributed by atoms with van der Waals surface area (Å²) in [4.78, 5) is 7.86. The molecule has 0 N–H and O–H groups in total. The number of nitrogens with zero attached hydrogens (tertiary/aromatic N) is 3. The highest BCUT2D eigenvalue weighted by atomic mass is 79.9. The van der Waals surface area contributed by atoms with Gasteiger partial charge in [0, 0.05) is 17.7 Å². The van der Waals surface area contributed by atoms with Crippen LogP contribution in [0.5, 0.6) is 0 Å². The van der Waals surface area contributed by atoms with Gasteiger partial charge in [0.1, 0.15) is 6.07 Å². The molecule has 0 aliphatic carbocycles. The summed E-state index contributed by atoms with van der Waals surface area (Å²) in [5.74, 6) is 0. The van der Waals surface area contributed by atoms with Crippen molar-refractivity contribution in [2.24, 2.45) is 0 Å². The first-order chi connectivity index (χ1) is 5.88. The summed E-state index contributed by atoms with van der Waals surface area (Å²) < 4.78 is 0. The second-order valence-electron chi connectivity index (χ2n) is 1.97. The van der Waals surface area contributed by atoms with Crippen LogP contribution in [0.3, 0.4) is 0 Å². The molecule has 0 aliphatic heterocycles. The van der Waals surface area contributed by atoms with E-state index in [1.165, 1.54) is 0 Å². The van der Waals surface area contributed by atoms with Crippen molar-refractivity contribution >= 4 is 21.5 Å². The minimum Gasteiger partial charge on any atom is -0.261 e. The summed E-state index contributed by atoms with van der Waals surface area (Å²) in [7, 11) is 0. The lowest BCUT2D eigenvalue weighted by atomic mass is 10.2. The van der Waals surface area contributed by atoms with Gasteiger partial charge in [-0.1, -0.05) is 22.0 Å². The van der Waals surface area contributed by atoms with Crippen molar-refractivity contribution in [3.63, 3.8) is 0 Å². The third kappa shape index (κ3) is 2.14. The molecule has 0 saturated heterocycles. The molecule has 0 saturated carbocycles. The van der Waals surface area contributed by atoms with E-state index >= 15 is 0 Å². The first-order valence-corrected chi connectivity index (χ1v) is 4.43. The number of hydrogen-bond acceptors (Lipinski definition) is 3. The Morgan fingerprint density at radius 1 is 1.67 bits per heavy atom. The Morgan fingerprint density at radius 3 is 3.00 bits per heavy atom. The van der Waals surface area contributed by atoms with Gasteiger partial charge in [0.2, 0.25) is 0 Å². The lowest BCUT2D eigenvalue weighted by molar-refractivity contribution is 1.17. The Kier molecular flexibility index (Phi) is 3.42. The van der Waals surface area contributed by atoms with Crippen LogP contribution in [0.4, 0.5) is 0 Å². The summed E-state index contributed by atoms with van der Waals surface area (Å²) in [6.45, 7) is 0. The van der Waals surface area contributed by atoms with Crippen LogP contribution in [-0.2, 0) is 0 Å². The normalized spacial score (nSPS) is 10.8. The molecule has 60 valence electrons. The van der Waals surface area contributed by atoms with Gasteiger partial charge in [0.05, 0.1) is 17.5 Å². The molecule has 4 heteroatoms. The Morgan fingerprint density at radius 2 is 2.50 bits per heavy atom. The molecule has 0 fully saturated rings. The van der Waals surface area contributed by atoms with Crippen molar-refractivity contribution < 1.29 is 0 Å². The van der Waals surface area contributed by atoms with E-state index in [0.717, 1.165) is 0 Å². The lowest BCUT2D eigenvalue weighted by Gasteiger charge is -1.93. The van der Waals surface area contributed by atoms with Crippen LogP contribution in [-0.4, -0.2) is 15.3 Å². The van der Waals surface area contributed by atoms with Gasteiger partial charge in [0.15, 0.2) is 0 Å². The van der Waals surface area contributed by atoms with E-state index in [1.54, 1.807) is 24.7 Å². The maximum atomic E-state index is 8.70. The van der Waals surface area contributed by atoms with Crippen LogP contribution in [0.25, 0.3) is 5.57 Å². The van der Waals surface area contributed by atoms with E-state index in [9.17, 15) is 0 Å². The third-order valence-corrected chi connectivity index (χ3v) is 1.56. The first-order valence-electron chi connectivity index (χ1n) is 3.31. The van der Waals surface area contributed by atoms with Gasteiger partial charge in [-0.25, -0.2) is 0 Å². The number of rotatable bonds is 2. The van der Waals surface area contributed by atoms with Gasteiger partial charge in [0.25, 0.3) is 0 Å². The second kappa shape index (κ2) is 4.62. The molecule has 0 aliphatic rings. The van der Waals surface area contributed by atoms with Crippen molar-refractivity contribution in [2.45, 2.75) is 0 Å². The van der Waals surface area contributed by atoms with E-state index in [4.69, 9.17) is 5.26 Å². The van der Waals surface area contributed by atoms with Crippen molar-refractivity contribution in [1.82, 2.24) is 9.97 Å². The van der Waals surface area contributed by atoms with Crippen LogP contribution < -0.4 is 0 Å². The Bertz CT molecular complexity index is 313. The summed E-state index contributed by atoms with van der Waals surface area (Å²) in [5.41, 5.74) is 1.15. The molecule has 0 amide bonds. The van der Waals surface area contributed by atoms with Gasteiger partial charge in [-0.15, -0.1) is 0 Å². The largest absolute Gasteiger partial charge is 0.261 e. The minimum atomic E-state index is 0.542. The molecule has 12 heavy (non-hydrogen) atoms. The zero-order valence-corrected chi connectivity index (χ0v) is 7.82. The van der Waals surface area contributed by atoms with Gasteiger partial charge in [-0.2, -0.15) is 5.26 Å². The summed E-state index contributed by atoms with van der Waals surface area (Å²) in [6.07, 6.45) is 6.46. The summed E-state index contributed by atoms with van der Waals surface area (Å²) in [5, 5.41) is 9.35. The van der Waals surface area contributed by atoms with Crippen LogP contribution in [0, 0.1) is 11.3 Å². The zero-order chi connectivity index (χ0) is 8.81. The molecule has 0 radical (unpaired) electrons. The molecule has 0 unspecified atom stereocenters. The number of alkyl halides is 1. The predicted molar refractivity (Wildman–Crippen MR) is 49.4 cm³/mol. The van der Waals surface area contributed by atoms with E-state index in [0.29, 0.717) is 16.6 Å². The molecule has 1 rings (SSSR count). The molecular weight excluding hydrogens is 218 g/mol. The molecule has 3 nitrogen and oxygen atoms in total. The SMILES string of the molecule is N#CC(=CCBr)c1cnccn1. The summed E-state index contributed by atoms with van der Waals surface area (Å²) >= 11 is 3.21. The maximum absolute atomic E-state index is 8.70. The van der Waals surface area contributed by atoms with Crippen molar-refractivity contribution in [1.29, 1.82) is 5.26 Å². The average molecular weight is 224 g/mol. The van der Waals surface area contributed by atoms with Gasteiger partial charge < -0.3 is 0 Å². The average Bonchev–Trinajstić information content (AvgIpc) is 2.15. The minimum absolute atomic E-state index is 0.542. The van der Waals surface area contributed by atoms with Crippen LogP contribution >= 0.6 is 15.9 Å². The molecule has 1 aromatic heterocycles. The number of halogens is 1. The molecule has 1 heterocycles. The first kappa shape index (κ1) is 8.88. The van der Waals surface area contributed by atoms with Crippen LogP contribution in [0.15, 0.2) is 24.7 Å². The molecule has 1 aromatic rings. The van der Waals surface area contributed by atoms with E-state index < -0.39 is 0 Å². The Hall–Kier alpha value is -1.21. The fourth-order valence-corrected chi connectivity index (χ4v) is 1.05. The van der Waals surface area contributed by atoms with Crippen molar-refractivity contribution in [3.8, 4) is 6.07 Å². The molecule has 0 spiro atoms. The Labute approximate surface area is 78.9 Å². The topological polar surface area (TPSA) is 49.6 Å². The number of hydrogen-bond donors (Lipinski definition) is 0. The summed E-state index contributed by atoms with van der Waals surface area (Å²) in [6, 6.07) is 2.05. The fourth-order valence-electron chi connectivity index (χ4n) is 0.723. The molecular formula is C8H6BrN3. The highest BCUT2D eigenvalue weighted by Crippen LogP contribution is 2.08. The number of nitriles is 1. The monoisotopic (exact) mass is 223 g/mol. The van der Waals surface area contributed by atoms with Gasteiger partial charge in [-0.3, -0.25) is 9.97 Å². The molecule has 0 bridgehead atoms. The number of allylic oxidation sites excluding steroid dienone is 2. The Balaban J connectivity index is 2.98. The smallest absolute Gasteiger partial charge is 0.101 e. The van der Waals surface area contributed by atoms with E-state index in [2.05, 4.69) is 25.9 Å². The van der Waals surface area contributed by atoms with Gasteiger partial charge in [-0.05, 0) is 0 Å². The van der Waals surface area contributed by atoms with Crippen LogP contribution in [0.2, 0.25) is 0 Å². The highest BCUT2D eigenvalue weighted by Gasteiger charge is 1.99. The molecule has 0 aromatic carbocycles. The maximum Gasteiger partial charge on any atom is 0.101 e. The quantitative estimate of drug-likeness (QED) is 0.568. The zero-order valence-electron chi connectivity index (χ0n) is 6.24. The van der Waals surface area contributed by atoms with Gasteiger partial charge >= 0.3 is 0 Å². The third-order valence-electron chi connectivity index (χ3n) is 1.24. The van der Waals surface area contributed by atoms with E-state index in [-0.39, 0.29) is 0 Å². The fraction of sp³-hybridized carbons (Fsp3) is 0.125. The number of aromatic nitrogens is 2. The predicted octanol–water partition coefficient (Wildman–Crippen LogP) is 1.78. The second-order valence-corrected chi connectivity index (χ2v) is 2.62. The van der Waals surface area contributed by atoms with E-state index in [1.807, 2.05) is 6.07 Å². The lowest BCUT2D eigenvalue weighted by Crippen LogP contribution is -1.87. The van der Waals surface area contributed by atoms with Crippen molar-refractivity contribution in [2.75, 3.05) is 5.33 Å².